The minimum atomic E-state index is -0.379. The van der Waals surface area contributed by atoms with Crippen molar-refractivity contribution in [3.63, 3.8) is 0 Å². The molecular formula is C12H13N3O2S. The Balaban J connectivity index is 2.27. The first-order valence-corrected chi connectivity index (χ1v) is 6.23. The van der Waals surface area contributed by atoms with E-state index >= 15 is 0 Å². The van der Waals surface area contributed by atoms with Crippen molar-refractivity contribution in [2.24, 2.45) is 4.99 Å². The number of aliphatic imine (C=N–C) groups is 1. The zero-order valence-corrected chi connectivity index (χ0v) is 10.9. The molecule has 0 spiro atoms. The monoisotopic (exact) mass is 263 g/mol. The van der Waals surface area contributed by atoms with Crippen molar-refractivity contribution >= 4 is 28.9 Å². The van der Waals surface area contributed by atoms with E-state index in [1.807, 2.05) is 30.3 Å². The molecule has 1 aromatic carbocycles. The molecule has 1 unspecified atom stereocenters. The Kier molecular flexibility index (Phi) is 3.66. The van der Waals surface area contributed by atoms with Crippen molar-refractivity contribution in [3.05, 3.63) is 35.9 Å². The highest BCUT2D eigenvalue weighted by atomic mass is 32.2. The molecule has 2 rings (SSSR count). The van der Waals surface area contributed by atoms with Crippen LogP contribution in [-0.2, 0) is 9.59 Å². The van der Waals surface area contributed by atoms with Gasteiger partial charge in [-0.05, 0) is 5.56 Å². The van der Waals surface area contributed by atoms with Gasteiger partial charge in [-0.25, -0.2) is 4.99 Å². The Labute approximate surface area is 109 Å². The van der Waals surface area contributed by atoms with Crippen molar-refractivity contribution < 1.29 is 9.59 Å². The number of nitrogens with zero attached hydrogens (tertiary/aromatic N) is 2. The third kappa shape index (κ3) is 2.70. The summed E-state index contributed by atoms with van der Waals surface area (Å²) in [4.78, 5) is 26.9. The smallest absolute Gasteiger partial charge is 0.231 e. The van der Waals surface area contributed by atoms with E-state index in [0.717, 1.165) is 17.5 Å². The van der Waals surface area contributed by atoms with Gasteiger partial charge in [-0.2, -0.15) is 0 Å². The van der Waals surface area contributed by atoms with Crippen LogP contribution in [-0.4, -0.2) is 21.3 Å². The lowest BCUT2D eigenvalue weighted by Gasteiger charge is -2.19. The van der Waals surface area contributed by atoms with E-state index < -0.39 is 0 Å². The number of carbonyl (C=O) groups excluding carboxylic acids is 2. The number of nitrogens with one attached hydrogen (secondary N) is 1. The molecule has 94 valence electrons. The molecule has 1 N–H and O–H groups in total. The van der Waals surface area contributed by atoms with E-state index in [-0.39, 0.29) is 18.0 Å². The average molecular weight is 263 g/mol. The summed E-state index contributed by atoms with van der Waals surface area (Å²) < 4.78 is 1.54. The molecule has 1 atom stereocenters. The first-order chi connectivity index (χ1) is 8.58. The molecule has 0 bridgehead atoms. The van der Waals surface area contributed by atoms with Crippen molar-refractivity contribution in [1.82, 2.24) is 9.62 Å². The van der Waals surface area contributed by atoms with E-state index in [9.17, 15) is 9.59 Å². The summed E-state index contributed by atoms with van der Waals surface area (Å²) >= 11 is 1.15. The van der Waals surface area contributed by atoms with Crippen molar-refractivity contribution in [1.29, 1.82) is 0 Å². The molecular weight excluding hydrogens is 250 g/mol. The predicted molar refractivity (Wildman–Crippen MR) is 70.5 cm³/mol. The molecule has 1 aliphatic rings. The van der Waals surface area contributed by atoms with E-state index in [2.05, 4.69) is 10.3 Å². The fourth-order valence-corrected chi connectivity index (χ4v) is 2.53. The van der Waals surface area contributed by atoms with Crippen LogP contribution in [0, 0.1) is 0 Å². The van der Waals surface area contributed by atoms with Crippen LogP contribution >= 0.6 is 11.9 Å². The zero-order chi connectivity index (χ0) is 13.1. The average Bonchev–Trinajstić information content (AvgIpc) is 2.73. The second kappa shape index (κ2) is 5.22. The topological polar surface area (TPSA) is 61.8 Å². The van der Waals surface area contributed by atoms with Gasteiger partial charge in [0.2, 0.25) is 11.8 Å². The predicted octanol–water partition coefficient (Wildman–Crippen LogP) is 1.69. The van der Waals surface area contributed by atoms with Crippen LogP contribution in [0.15, 0.2) is 35.3 Å². The number of amidine groups is 1. The number of hydrogen-bond acceptors (Lipinski definition) is 4. The van der Waals surface area contributed by atoms with Crippen LogP contribution in [0.3, 0.4) is 0 Å². The third-order valence-corrected chi connectivity index (χ3v) is 3.37. The highest BCUT2D eigenvalue weighted by molar-refractivity contribution is 8.12. The summed E-state index contributed by atoms with van der Waals surface area (Å²) in [6.45, 7) is 2.90. The molecule has 1 aliphatic heterocycles. The van der Waals surface area contributed by atoms with Crippen LogP contribution < -0.4 is 5.32 Å². The molecule has 0 aromatic heterocycles. The van der Waals surface area contributed by atoms with E-state index in [0.29, 0.717) is 5.17 Å². The van der Waals surface area contributed by atoms with E-state index in [4.69, 9.17) is 0 Å². The Bertz CT molecular complexity index is 501. The maximum atomic E-state index is 11.6. The van der Waals surface area contributed by atoms with Crippen LogP contribution in [0.25, 0.3) is 0 Å². The minimum absolute atomic E-state index is 0.0991. The fraction of sp³-hybridized carbons (Fsp3) is 0.250. The van der Waals surface area contributed by atoms with Gasteiger partial charge in [0.25, 0.3) is 0 Å². The normalized spacial score (nSPS) is 18.4. The Hall–Kier alpha value is -1.82. The lowest BCUT2D eigenvalue weighted by Crippen LogP contribution is -2.26. The fourth-order valence-electron chi connectivity index (χ4n) is 1.61. The molecule has 1 heterocycles. The molecule has 1 aromatic rings. The first-order valence-electron chi connectivity index (χ1n) is 5.46. The summed E-state index contributed by atoms with van der Waals surface area (Å²) in [7, 11) is 0. The molecule has 0 saturated heterocycles. The number of rotatable bonds is 1. The largest absolute Gasteiger partial charge is 0.304 e. The Morgan fingerprint density at radius 2 is 1.94 bits per heavy atom. The maximum absolute atomic E-state index is 11.6. The van der Waals surface area contributed by atoms with Crippen molar-refractivity contribution in [2.75, 3.05) is 0 Å². The van der Waals surface area contributed by atoms with Gasteiger partial charge < -0.3 is 5.32 Å². The Morgan fingerprint density at radius 1 is 1.28 bits per heavy atom. The standard InChI is InChI=1S/C12H13N3O2S/c1-8(16)13-12-14-11(15(18-12)9(2)17)10-6-4-3-5-7-10/h3-7,11H,1-2H3,(H,13,14,16). The molecule has 5 nitrogen and oxygen atoms in total. The van der Waals surface area contributed by atoms with Crippen molar-refractivity contribution in [2.45, 2.75) is 20.0 Å². The second-order valence-corrected chi connectivity index (χ2v) is 4.80. The Morgan fingerprint density at radius 3 is 2.50 bits per heavy atom. The van der Waals surface area contributed by atoms with Gasteiger partial charge in [0.1, 0.15) is 0 Å². The molecule has 18 heavy (non-hydrogen) atoms. The van der Waals surface area contributed by atoms with Crippen LogP contribution in [0.2, 0.25) is 0 Å². The molecule has 0 aliphatic carbocycles. The molecule has 0 radical (unpaired) electrons. The summed E-state index contributed by atoms with van der Waals surface area (Å²) in [5.41, 5.74) is 0.917. The quantitative estimate of drug-likeness (QED) is 0.784. The second-order valence-electron chi connectivity index (χ2n) is 3.84. The van der Waals surface area contributed by atoms with Crippen LogP contribution in [0.1, 0.15) is 25.6 Å². The zero-order valence-electron chi connectivity index (χ0n) is 10.1. The first kappa shape index (κ1) is 12.6. The lowest BCUT2D eigenvalue weighted by molar-refractivity contribution is -0.125. The SMILES string of the molecule is CC(=O)NC1=NC(c2ccccc2)N(C(C)=O)S1. The van der Waals surface area contributed by atoms with Gasteiger partial charge >= 0.3 is 0 Å². The third-order valence-electron chi connectivity index (χ3n) is 2.34. The summed E-state index contributed by atoms with van der Waals surface area (Å²) in [6, 6.07) is 9.50. The molecule has 2 amide bonds. The van der Waals surface area contributed by atoms with Gasteiger partial charge in [0.05, 0.1) is 0 Å². The van der Waals surface area contributed by atoms with Crippen LogP contribution in [0.5, 0.6) is 0 Å². The van der Waals surface area contributed by atoms with E-state index in [1.54, 1.807) is 4.31 Å². The number of hydrogen-bond donors (Lipinski definition) is 1. The maximum Gasteiger partial charge on any atom is 0.231 e. The highest BCUT2D eigenvalue weighted by Gasteiger charge is 2.31. The lowest BCUT2D eigenvalue weighted by atomic mass is 10.2. The van der Waals surface area contributed by atoms with Gasteiger partial charge in [-0.3, -0.25) is 13.9 Å². The van der Waals surface area contributed by atoms with Crippen molar-refractivity contribution in [3.8, 4) is 0 Å². The number of benzene rings is 1. The van der Waals surface area contributed by atoms with Gasteiger partial charge in [-0.1, -0.05) is 30.3 Å². The molecule has 0 saturated carbocycles. The van der Waals surface area contributed by atoms with E-state index in [1.165, 1.54) is 13.8 Å². The molecule has 0 fully saturated rings. The number of carbonyl (C=O) groups is 2. The summed E-state index contributed by atoms with van der Waals surface area (Å²) in [6.07, 6.45) is -0.379. The summed E-state index contributed by atoms with van der Waals surface area (Å²) in [5.74, 6) is -0.295. The van der Waals surface area contributed by atoms with Gasteiger partial charge in [0, 0.05) is 25.8 Å². The van der Waals surface area contributed by atoms with Gasteiger partial charge in [0.15, 0.2) is 11.3 Å². The highest BCUT2D eigenvalue weighted by Crippen LogP contribution is 2.35. The summed E-state index contributed by atoms with van der Waals surface area (Å²) in [5, 5.41) is 3.06. The number of amides is 2. The van der Waals surface area contributed by atoms with Gasteiger partial charge in [-0.15, -0.1) is 0 Å². The minimum Gasteiger partial charge on any atom is -0.304 e. The molecule has 6 heteroatoms. The van der Waals surface area contributed by atoms with Crippen LogP contribution in [0.4, 0.5) is 0 Å².